The molecule has 0 aromatic rings. The zero-order valence-electron chi connectivity index (χ0n) is 9.19. The Morgan fingerprint density at radius 3 is 2.36 bits per heavy atom. The Bertz CT molecular complexity index is 235. The molecule has 0 spiro atoms. The Morgan fingerprint density at radius 1 is 1.50 bits per heavy atom. The van der Waals surface area contributed by atoms with Crippen molar-refractivity contribution in [1.29, 1.82) is 5.26 Å². The highest BCUT2D eigenvalue weighted by molar-refractivity contribution is 7.81. The molecule has 80 valence electrons. The smallest absolute Gasteiger partial charge is 0.235 e. The minimum Gasteiger partial charge on any atom is -0.341 e. The van der Waals surface area contributed by atoms with Crippen LogP contribution in [0.15, 0.2) is 0 Å². The second kappa shape index (κ2) is 5.92. The number of rotatable bonds is 4. The lowest BCUT2D eigenvalue weighted by Crippen LogP contribution is -2.41. The van der Waals surface area contributed by atoms with Crippen LogP contribution in [0, 0.1) is 17.2 Å². The fraction of sp³-hybridized carbons (Fsp3) is 0.800. The Labute approximate surface area is 91.5 Å². The van der Waals surface area contributed by atoms with Crippen LogP contribution in [0.25, 0.3) is 0 Å². The summed E-state index contributed by atoms with van der Waals surface area (Å²) in [6.45, 7) is 5.78. The van der Waals surface area contributed by atoms with Gasteiger partial charge in [0.15, 0.2) is 0 Å². The number of hydrogen-bond acceptors (Lipinski definition) is 3. The molecule has 0 aliphatic heterocycles. The van der Waals surface area contributed by atoms with E-state index < -0.39 is 0 Å². The summed E-state index contributed by atoms with van der Waals surface area (Å²) in [7, 11) is 1.72. The van der Waals surface area contributed by atoms with Gasteiger partial charge < -0.3 is 4.90 Å². The summed E-state index contributed by atoms with van der Waals surface area (Å²) in [6, 6.07) is 2.01. The van der Waals surface area contributed by atoms with E-state index in [2.05, 4.69) is 18.7 Å². The molecule has 0 aliphatic rings. The highest BCUT2D eigenvalue weighted by atomic mass is 32.1. The molecule has 0 aromatic carbocycles. The van der Waals surface area contributed by atoms with Gasteiger partial charge in [0.05, 0.1) is 17.7 Å². The minimum absolute atomic E-state index is 0.00826. The molecule has 0 bridgehead atoms. The van der Waals surface area contributed by atoms with Gasteiger partial charge in [-0.2, -0.15) is 17.9 Å². The molecule has 0 fully saturated rings. The summed E-state index contributed by atoms with van der Waals surface area (Å²) in [5.41, 5.74) is 0. The van der Waals surface area contributed by atoms with Crippen LogP contribution in [-0.4, -0.2) is 29.1 Å². The van der Waals surface area contributed by atoms with E-state index in [0.717, 1.165) is 0 Å². The largest absolute Gasteiger partial charge is 0.341 e. The number of nitriles is 1. The normalized spacial score (nSPS) is 14.6. The van der Waals surface area contributed by atoms with E-state index in [1.165, 1.54) is 0 Å². The Hall–Kier alpha value is -0.690. The molecule has 0 aromatic heterocycles. The Kier molecular flexibility index (Phi) is 5.63. The van der Waals surface area contributed by atoms with E-state index in [-0.39, 0.29) is 23.1 Å². The first kappa shape index (κ1) is 13.3. The van der Waals surface area contributed by atoms with Crippen molar-refractivity contribution in [3.8, 4) is 6.07 Å². The van der Waals surface area contributed by atoms with Crippen LogP contribution >= 0.6 is 12.6 Å². The van der Waals surface area contributed by atoms with Crippen LogP contribution < -0.4 is 0 Å². The van der Waals surface area contributed by atoms with Crippen molar-refractivity contribution in [2.75, 3.05) is 7.05 Å². The van der Waals surface area contributed by atoms with Gasteiger partial charge in [0.2, 0.25) is 5.91 Å². The van der Waals surface area contributed by atoms with Gasteiger partial charge in [-0.1, -0.05) is 13.8 Å². The Balaban J connectivity index is 4.32. The Morgan fingerprint density at radius 2 is 2.00 bits per heavy atom. The fourth-order valence-corrected chi connectivity index (χ4v) is 1.16. The number of carbonyl (C=O) groups is 1. The SMILES string of the molecule is CC(C)C(S)C(=O)N(C)C(C)CC#N. The standard InChI is InChI=1S/C10H18N2OS/c1-7(2)9(14)10(13)12(4)8(3)5-6-11/h7-9,14H,5H2,1-4H3. The van der Waals surface area contributed by atoms with Crippen molar-refractivity contribution >= 4 is 18.5 Å². The van der Waals surface area contributed by atoms with Crippen LogP contribution in [0.1, 0.15) is 27.2 Å². The summed E-state index contributed by atoms with van der Waals surface area (Å²) in [5.74, 6) is 0.202. The summed E-state index contributed by atoms with van der Waals surface area (Å²) < 4.78 is 0. The quantitative estimate of drug-likeness (QED) is 0.724. The van der Waals surface area contributed by atoms with Crippen LogP contribution in [0.2, 0.25) is 0 Å². The number of thiol groups is 1. The van der Waals surface area contributed by atoms with Crippen LogP contribution in [-0.2, 0) is 4.79 Å². The van der Waals surface area contributed by atoms with E-state index in [0.29, 0.717) is 6.42 Å². The van der Waals surface area contributed by atoms with Gasteiger partial charge in [0.25, 0.3) is 0 Å². The van der Waals surface area contributed by atoms with Gasteiger partial charge in [0, 0.05) is 13.1 Å². The zero-order chi connectivity index (χ0) is 11.3. The number of nitrogens with zero attached hydrogens (tertiary/aromatic N) is 2. The number of hydrogen-bond donors (Lipinski definition) is 1. The van der Waals surface area contributed by atoms with E-state index in [4.69, 9.17) is 5.26 Å². The average Bonchev–Trinajstić information content (AvgIpc) is 2.14. The van der Waals surface area contributed by atoms with Gasteiger partial charge >= 0.3 is 0 Å². The van der Waals surface area contributed by atoms with Crippen molar-refractivity contribution in [2.24, 2.45) is 5.92 Å². The number of amides is 1. The predicted octanol–water partition coefficient (Wildman–Crippen LogP) is 1.70. The van der Waals surface area contributed by atoms with Gasteiger partial charge in [0.1, 0.15) is 0 Å². The van der Waals surface area contributed by atoms with Gasteiger partial charge in [-0.3, -0.25) is 4.79 Å². The van der Waals surface area contributed by atoms with Gasteiger partial charge in [-0.05, 0) is 12.8 Å². The maximum Gasteiger partial charge on any atom is 0.235 e. The second-order valence-corrected chi connectivity index (χ2v) is 4.41. The molecule has 14 heavy (non-hydrogen) atoms. The first-order chi connectivity index (χ1) is 6.41. The minimum atomic E-state index is -0.277. The van der Waals surface area contributed by atoms with Crippen molar-refractivity contribution in [3.63, 3.8) is 0 Å². The molecule has 0 aliphatic carbocycles. The van der Waals surface area contributed by atoms with E-state index >= 15 is 0 Å². The molecule has 4 heteroatoms. The van der Waals surface area contributed by atoms with Crippen LogP contribution in [0.5, 0.6) is 0 Å². The molecule has 0 radical (unpaired) electrons. The summed E-state index contributed by atoms with van der Waals surface area (Å²) >= 11 is 4.25. The zero-order valence-corrected chi connectivity index (χ0v) is 10.1. The van der Waals surface area contributed by atoms with Gasteiger partial charge in [-0.25, -0.2) is 0 Å². The third-order valence-electron chi connectivity index (χ3n) is 2.28. The summed E-state index contributed by atoms with van der Waals surface area (Å²) in [5, 5.41) is 8.23. The molecule has 1 amide bonds. The van der Waals surface area contributed by atoms with E-state index in [9.17, 15) is 4.79 Å². The monoisotopic (exact) mass is 214 g/mol. The molecule has 2 atom stereocenters. The van der Waals surface area contributed by atoms with Crippen molar-refractivity contribution in [2.45, 2.75) is 38.5 Å². The second-order valence-electron chi connectivity index (χ2n) is 3.85. The maximum absolute atomic E-state index is 11.7. The van der Waals surface area contributed by atoms with Crippen molar-refractivity contribution in [3.05, 3.63) is 0 Å². The molecular formula is C10H18N2OS. The first-order valence-electron chi connectivity index (χ1n) is 4.73. The maximum atomic E-state index is 11.7. The first-order valence-corrected chi connectivity index (χ1v) is 5.25. The van der Waals surface area contributed by atoms with E-state index in [1.54, 1.807) is 11.9 Å². The highest BCUT2D eigenvalue weighted by Crippen LogP contribution is 2.13. The lowest BCUT2D eigenvalue weighted by Gasteiger charge is -2.27. The summed E-state index contributed by atoms with van der Waals surface area (Å²) in [6.07, 6.45) is 0.362. The molecule has 2 unspecified atom stereocenters. The summed E-state index contributed by atoms with van der Waals surface area (Å²) in [4.78, 5) is 13.3. The van der Waals surface area contributed by atoms with Gasteiger partial charge in [-0.15, -0.1) is 0 Å². The number of carbonyl (C=O) groups excluding carboxylic acids is 1. The predicted molar refractivity (Wildman–Crippen MR) is 60.1 cm³/mol. The van der Waals surface area contributed by atoms with E-state index in [1.807, 2.05) is 20.8 Å². The molecular weight excluding hydrogens is 196 g/mol. The molecule has 0 saturated heterocycles. The van der Waals surface area contributed by atoms with Crippen LogP contribution in [0.4, 0.5) is 0 Å². The third kappa shape index (κ3) is 3.59. The van der Waals surface area contributed by atoms with Crippen molar-refractivity contribution < 1.29 is 4.79 Å². The molecule has 0 saturated carbocycles. The molecule has 0 heterocycles. The molecule has 0 N–H and O–H groups in total. The molecule has 3 nitrogen and oxygen atoms in total. The fourth-order valence-electron chi connectivity index (χ4n) is 0.980. The average molecular weight is 214 g/mol. The van der Waals surface area contributed by atoms with Crippen molar-refractivity contribution in [1.82, 2.24) is 4.90 Å². The third-order valence-corrected chi connectivity index (χ3v) is 3.10. The molecule has 0 rings (SSSR count). The lowest BCUT2D eigenvalue weighted by atomic mass is 10.1. The highest BCUT2D eigenvalue weighted by Gasteiger charge is 2.24. The lowest BCUT2D eigenvalue weighted by molar-refractivity contribution is -0.131. The van der Waals surface area contributed by atoms with Crippen LogP contribution in [0.3, 0.4) is 0 Å². The topological polar surface area (TPSA) is 44.1 Å².